The van der Waals surface area contributed by atoms with E-state index in [-0.39, 0.29) is 11.5 Å². The minimum Gasteiger partial charge on any atom is -0.508 e. The van der Waals surface area contributed by atoms with Crippen LogP contribution in [0.1, 0.15) is 43.0 Å². The summed E-state index contributed by atoms with van der Waals surface area (Å²) in [4.78, 5) is 4.62. The molecule has 0 aliphatic heterocycles. The number of rotatable bonds is 3. The van der Waals surface area contributed by atoms with Gasteiger partial charge in [-0.3, -0.25) is 4.99 Å². The first-order valence-electron chi connectivity index (χ1n) is 7.73. The van der Waals surface area contributed by atoms with E-state index < -0.39 is 0 Å². The molecule has 0 aliphatic rings. The fraction of sp³-hybridized carbons (Fsp3) is 0.250. The zero-order valence-electron chi connectivity index (χ0n) is 14.5. The van der Waals surface area contributed by atoms with Crippen molar-refractivity contribution in [2.75, 3.05) is 0 Å². The third-order valence-electron chi connectivity index (χ3n) is 3.51. The average molecular weight is 311 g/mol. The van der Waals surface area contributed by atoms with Gasteiger partial charge in [0.05, 0.1) is 5.69 Å². The molecule has 0 aliphatic carbocycles. The van der Waals surface area contributed by atoms with Gasteiger partial charge in [0.2, 0.25) is 0 Å². The normalized spacial score (nSPS) is 10.7. The molecule has 0 radical (unpaired) electrons. The number of benzene rings is 2. The second-order valence-electron chi connectivity index (χ2n) is 5.08. The lowest BCUT2D eigenvalue weighted by Crippen LogP contribution is -1.97. The average Bonchev–Trinajstić information content (AvgIpc) is 2.52. The topological polar surface area (TPSA) is 52.8 Å². The van der Waals surface area contributed by atoms with Crippen LogP contribution in [0, 0.1) is 13.8 Å². The summed E-state index contributed by atoms with van der Waals surface area (Å²) in [5, 5.41) is 19.2. The Morgan fingerprint density at radius 1 is 1.04 bits per heavy atom. The summed E-state index contributed by atoms with van der Waals surface area (Å²) in [6.07, 6.45) is 1.70. The molecule has 0 amide bonds. The Balaban J connectivity index is 0.00000127. The molecule has 0 saturated heterocycles. The standard InChI is InChI=1S/C18H19NO2.C2H6/c1-5-14-9-16(21)10-18(12(14)3)19-13(4)17-7-6-15(20)8-11(17)2;1-2/h5-10,20-21H,1H2,2-4H3;1-2H3. The Kier molecular flexibility index (Phi) is 6.58. The van der Waals surface area contributed by atoms with Gasteiger partial charge in [-0.05, 0) is 67.3 Å². The zero-order chi connectivity index (χ0) is 17.6. The van der Waals surface area contributed by atoms with E-state index in [1.54, 1.807) is 30.3 Å². The van der Waals surface area contributed by atoms with Crippen molar-refractivity contribution in [3.05, 3.63) is 59.2 Å². The van der Waals surface area contributed by atoms with Crippen molar-refractivity contribution in [3.8, 4) is 11.5 Å². The van der Waals surface area contributed by atoms with Crippen molar-refractivity contribution in [1.29, 1.82) is 0 Å². The predicted octanol–water partition coefficient (Wildman–Crippen LogP) is 5.52. The van der Waals surface area contributed by atoms with Gasteiger partial charge in [-0.15, -0.1) is 0 Å². The van der Waals surface area contributed by atoms with Crippen LogP contribution in [0.4, 0.5) is 5.69 Å². The number of aromatic hydroxyl groups is 2. The maximum Gasteiger partial charge on any atom is 0.118 e. The summed E-state index contributed by atoms with van der Waals surface area (Å²) in [6, 6.07) is 8.50. The van der Waals surface area contributed by atoms with E-state index in [9.17, 15) is 10.2 Å². The highest BCUT2D eigenvalue weighted by Crippen LogP contribution is 2.29. The molecule has 3 nitrogen and oxygen atoms in total. The molecule has 2 aromatic carbocycles. The fourth-order valence-electron chi connectivity index (χ4n) is 2.33. The Bertz CT molecular complexity index is 731. The summed E-state index contributed by atoms with van der Waals surface area (Å²) in [6.45, 7) is 13.5. The Morgan fingerprint density at radius 3 is 2.26 bits per heavy atom. The predicted molar refractivity (Wildman–Crippen MR) is 99.0 cm³/mol. The number of aryl methyl sites for hydroxylation is 1. The van der Waals surface area contributed by atoms with Gasteiger partial charge >= 0.3 is 0 Å². The van der Waals surface area contributed by atoms with Gasteiger partial charge in [0.15, 0.2) is 0 Å². The van der Waals surface area contributed by atoms with Crippen LogP contribution in [0.5, 0.6) is 11.5 Å². The van der Waals surface area contributed by atoms with Crippen LogP contribution < -0.4 is 0 Å². The molecule has 23 heavy (non-hydrogen) atoms. The molecule has 0 fully saturated rings. The molecular formula is C20H25NO2. The van der Waals surface area contributed by atoms with Gasteiger partial charge in [-0.2, -0.15) is 0 Å². The number of aliphatic imine (C=N–C) groups is 1. The van der Waals surface area contributed by atoms with Crippen LogP contribution in [0.3, 0.4) is 0 Å². The first-order chi connectivity index (χ1) is 10.9. The first kappa shape index (κ1) is 18.5. The van der Waals surface area contributed by atoms with Crippen molar-refractivity contribution in [3.63, 3.8) is 0 Å². The van der Waals surface area contributed by atoms with Crippen LogP contribution in [-0.2, 0) is 0 Å². The van der Waals surface area contributed by atoms with E-state index in [1.165, 1.54) is 0 Å². The van der Waals surface area contributed by atoms with E-state index in [0.717, 1.165) is 33.7 Å². The van der Waals surface area contributed by atoms with Crippen molar-refractivity contribution in [2.45, 2.75) is 34.6 Å². The van der Waals surface area contributed by atoms with E-state index in [0.29, 0.717) is 0 Å². The van der Waals surface area contributed by atoms with Crippen LogP contribution in [-0.4, -0.2) is 15.9 Å². The SMILES string of the molecule is C=Cc1cc(O)cc(N=C(C)c2ccc(O)cc2C)c1C.CC. The van der Waals surface area contributed by atoms with Crippen molar-refractivity contribution < 1.29 is 10.2 Å². The Hall–Kier alpha value is -2.55. The second kappa shape index (κ2) is 8.18. The van der Waals surface area contributed by atoms with Crippen molar-refractivity contribution in [2.24, 2.45) is 4.99 Å². The summed E-state index contributed by atoms with van der Waals surface area (Å²) < 4.78 is 0. The van der Waals surface area contributed by atoms with Gasteiger partial charge in [-0.25, -0.2) is 0 Å². The highest BCUT2D eigenvalue weighted by molar-refractivity contribution is 6.01. The van der Waals surface area contributed by atoms with E-state index in [4.69, 9.17) is 0 Å². The zero-order valence-corrected chi connectivity index (χ0v) is 14.5. The maximum atomic E-state index is 9.77. The molecule has 2 rings (SSSR count). The Morgan fingerprint density at radius 2 is 1.70 bits per heavy atom. The number of hydrogen-bond donors (Lipinski definition) is 2. The number of hydrogen-bond acceptors (Lipinski definition) is 3. The molecule has 0 saturated carbocycles. The number of phenols is 2. The summed E-state index contributed by atoms with van der Waals surface area (Å²) in [5.41, 5.74) is 5.31. The van der Waals surface area contributed by atoms with E-state index >= 15 is 0 Å². The van der Waals surface area contributed by atoms with E-state index in [1.807, 2.05) is 40.7 Å². The molecule has 0 spiro atoms. The number of phenolic OH excluding ortho intramolecular Hbond substituents is 2. The van der Waals surface area contributed by atoms with Gasteiger partial charge in [0.1, 0.15) is 11.5 Å². The molecule has 0 aromatic heterocycles. The lowest BCUT2D eigenvalue weighted by molar-refractivity contribution is 0.474. The third-order valence-corrected chi connectivity index (χ3v) is 3.51. The quantitative estimate of drug-likeness (QED) is 0.733. The molecule has 0 unspecified atom stereocenters. The minimum atomic E-state index is 0.171. The monoisotopic (exact) mass is 311 g/mol. The smallest absolute Gasteiger partial charge is 0.118 e. The molecule has 0 heterocycles. The summed E-state index contributed by atoms with van der Waals surface area (Å²) >= 11 is 0. The van der Waals surface area contributed by atoms with Crippen LogP contribution in [0.15, 0.2) is 41.9 Å². The summed E-state index contributed by atoms with van der Waals surface area (Å²) in [7, 11) is 0. The van der Waals surface area contributed by atoms with Crippen molar-refractivity contribution in [1.82, 2.24) is 0 Å². The van der Waals surface area contributed by atoms with Gasteiger partial charge in [0.25, 0.3) is 0 Å². The fourth-order valence-corrected chi connectivity index (χ4v) is 2.33. The molecule has 0 atom stereocenters. The highest BCUT2D eigenvalue weighted by Gasteiger charge is 2.07. The van der Waals surface area contributed by atoms with Crippen LogP contribution >= 0.6 is 0 Å². The molecule has 122 valence electrons. The summed E-state index contributed by atoms with van der Waals surface area (Å²) in [5.74, 6) is 0.413. The second-order valence-corrected chi connectivity index (χ2v) is 5.08. The lowest BCUT2D eigenvalue weighted by Gasteiger charge is -2.09. The third kappa shape index (κ3) is 4.46. The molecule has 0 bridgehead atoms. The number of nitrogens with zero attached hydrogens (tertiary/aromatic N) is 1. The largest absolute Gasteiger partial charge is 0.508 e. The van der Waals surface area contributed by atoms with Crippen molar-refractivity contribution >= 4 is 17.5 Å². The minimum absolute atomic E-state index is 0.171. The molecule has 2 aromatic rings. The van der Waals surface area contributed by atoms with Crippen LogP contribution in [0.25, 0.3) is 6.08 Å². The molecular weight excluding hydrogens is 286 g/mol. The van der Waals surface area contributed by atoms with Gasteiger partial charge in [-0.1, -0.05) is 26.5 Å². The van der Waals surface area contributed by atoms with Gasteiger partial charge < -0.3 is 10.2 Å². The molecule has 2 N–H and O–H groups in total. The van der Waals surface area contributed by atoms with Gasteiger partial charge in [0, 0.05) is 11.8 Å². The Labute approximate surface area is 138 Å². The highest BCUT2D eigenvalue weighted by atomic mass is 16.3. The maximum absolute atomic E-state index is 9.77. The first-order valence-corrected chi connectivity index (χ1v) is 7.73. The van der Waals surface area contributed by atoms with Crippen LogP contribution in [0.2, 0.25) is 0 Å². The van der Waals surface area contributed by atoms with E-state index in [2.05, 4.69) is 11.6 Å². The lowest BCUT2D eigenvalue weighted by atomic mass is 10.0. The molecule has 3 heteroatoms.